The Balaban J connectivity index is 2.00. The lowest BCUT2D eigenvalue weighted by Crippen LogP contribution is -2.48. The Hall–Kier alpha value is -2.31. The third-order valence-corrected chi connectivity index (χ3v) is 4.39. The maximum atomic E-state index is 12.3. The highest BCUT2D eigenvalue weighted by Gasteiger charge is 2.26. The van der Waals surface area contributed by atoms with E-state index in [9.17, 15) is 19.9 Å². The third-order valence-electron chi connectivity index (χ3n) is 4.39. The van der Waals surface area contributed by atoms with Crippen LogP contribution in [0.25, 0.3) is 0 Å². The van der Waals surface area contributed by atoms with Crippen molar-refractivity contribution in [2.45, 2.75) is 45.5 Å². The van der Waals surface area contributed by atoms with Crippen molar-refractivity contribution >= 4 is 13.0 Å². The van der Waals surface area contributed by atoms with Gasteiger partial charge >= 0.3 is 7.12 Å². The molecule has 1 amide bonds. The molecule has 4 N–H and O–H groups in total. The number of carbonyl (C=O) groups excluding carboxylic acids is 1. The molecule has 0 aromatic heterocycles. The molecule has 2 rings (SSSR count). The molecule has 0 saturated heterocycles. The van der Waals surface area contributed by atoms with Crippen LogP contribution in [0, 0.1) is 6.92 Å². The molecule has 0 fully saturated rings. The van der Waals surface area contributed by atoms with Gasteiger partial charge in [-0.1, -0.05) is 55.8 Å². The summed E-state index contributed by atoms with van der Waals surface area (Å²) in [5.41, 5.74) is 3.36. The van der Waals surface area contributed by atoms with Crippen LogP contribution in [0.1, 0.15) is 35.6 Å². The van der Waals surface area contributed by atoms with Gasteiger partial charge in [-0.3, -0.25) is 4.79 Å². The number of hydrogen-bond acceptors (Lipinski definition) is 4. The van der Waals surface area contributed by atoms with Crippen LogP contribution in [0.4, 0.5) is 0 Å². The number of rotatable bonds is 8. The number of phenols is 1. The minimum absolute atomic E-state index is 0.110. The predicted molar refractivity (Wildman–Crippen MR) is 103 cm³/mol. The zero-order valence-electron chi connectivity index (χ0n) is 15.3. The molecule has 2 aromatic rings. The molecule has 0 spiro atoms. The van der Waals surface area contributed by atoms with E-state index in [0.717, 1.165) is 18.4 Å². The zero-order chi connectivity index (χ0) is 19.1. The second-order valence-electron chi connectivity index (χ2n) is 6.62. The van der Waals surface area contributed by atoms with Crippen molar-refractivity contribution < 1.29 is 19.9 Å². The van der Waals surface area contributed by atoms with Gasteiger partial charge in [0.15, 0.2) is 0 Å². The zero-order valence-corrected chi connectivity index (χ0v) is 15.3. The number of benzene rings is 2. The first-order valence-corrected chi connectivity index (χ1v) is 8.91. The Labute approximate surface area is 154 Å². The molecule has 0 aliphatic rings. The van der Waals surface area contributed by atoms with Crippen LogP contribution in [-0.4, -0.2) is 34.1 Å². The van der Waals surface area contributed by atoms with E-state index in [1.165, 1.54) is 5.56 Å². The van der Waals surface area contributed by atoms with E-state index in [-0.39, 0.29) is 24.5 Å². The molecule has 6 heteroatoms. The number of nitrogens with one attached hydrogen (secondary N) is 1. The van der Waals surface area contributed by atoms with Crippen molar-refractivity contribution in [1.29, 1.82) is 0 Å². The molecule has 2 aromatic carbocycles. The van der Waals surface area contributed by atoms with E-state index < -0.39 is 13.1 Å². The number of hydrogen-bond donors (Lipinski definition) is 4. The maximum absolute atomic E-state index is 12.3. The van der Waals surface area contributed by atoms with E-state index in [2.05, 4.69) is 12.2 Å². The normalized spacial score (nSPS) is 11.8. The van der Waals surface area contributed by atoms with Crippen LogP contribution in [0.2, 0.25) is 0 Å². The van der Waals surface area contributed by atoms with Crippen molar-refractivity contribution in [3.8, 4) is 5.75 Å². The lowest BCUT2D eigenvalue weighted by Gasteiger charge is -2.19. The van der Waals surface area contributed by atoms with Crippen molar-refractivity contribution in [1.82, 2.24) is 5.32 Å². The highest BCUT2D eigenvalue weighted by molar-refractivity contribution is 6.43. The topological polar surface area (TPSA) is 89.8 Å². The van der Waals surface area contributed by atoms with Gasteiger partial charge in [-0.05, 0) is 42.0 Å². The van der Waals surface area contributed by atoms with E-state index in [1.807, 2.05) is 24.3 Å². The Bertz CT molecular complexity index is 731. The van der Waals surface area contributed by atoms with Gasteiger partial charge in [0.1, 0.15) is 5.75 Å². The predicted octanol–water partition coefficient (Wildman–Crippen LogP) is 1.94. The summed E-state index contributed by atoms with van der Waals surface area (Å²) in [6, 6.07) is 13.1. The van der Waals surface area contributed by atoms with Gasteiger partial charge in [-0.15, -0.1) is 0 Å². The molecule has 0 bridgehead atoms. The van der Waals surface area contributed by atoms with Gasteiger partial charge in [-0.25, -0.2) is 0 Å². The summed E-state index contributed by atoms with van der Waals surface area (Å²) >= 11 is 0. The second kappa shape index (κ2) is 9.41. The van der Waals surface area contributed by atoms with Gasteiger partial charge in [0.05, 0.1) is 12.4 Å². The van der Waals surface area contributed by atoms with E-state index >= 15 is 0 Å². The summed E-state index contributed by atoms with van der Waals surface area (Å²) in [5, 5.41) is 31.9. The molecule has 0 aliphatic heterocycles. The molecule has 0 saturated carbocycles. The first kappa shape index (κ1) is 20.0. The number of amides is 1. The molecule has 0 radical (unpaired) electrons. The maximum Gasteiger partial charge on any atom is 0.475 e. The highest BCUT2D eigenvalue weighted by Crippen LogP contribution is 2.22. The quantitative estimate of drug-likeness (QED) is 0.545. The van der Waals surface area contributed by atoms with Crippen molar-refractivity contribution in [3.05, 3.63) is 64.7 Å². The summed E-state index contributed by atoms with van der Waals surface area (Å²) in [4.78, 5) is 12.3. The number of carbonyl (C=O) groups is 1. The minimum atomic E-state index is -1.72. The second-order valence-corrected chi connectivity index (χ2v) is 6.62. The summed E-state index contributed by atoms with van der Waals surface area (Å²) < 4.78 is 0. The molecule has 1 atom stereocenters. The van der Waals surface area contributed by atoms with E-state index in [4.69, 9.17) is 0 Å². The van der Waals surface area contributed by atoms with E-state index in [1.54, 1.807) is 25.1 Å². The van der Waals surface area contributed by atoms with Gasteiger partial charge in [0.25, 0.3) is 0 Å². The lowest BCUT2D eigenvalue weighted by molar-refractivity contribution is -0.120. The molecular formula is C20H26BNO4. The number of phenolic OH excluding ortho intramolecular Hbond substituents is 1. The van der Waals surface area contributed by atoms with Gasteiger partial charge in [-0.2, -0.15) is 0 Å². The SMILES string of the molecule is CCCc1ccc(CC(=O)N[C@@H](Cc2cccc(C)c2O)B(O)O)cc1. The molecular weight excluding hydrogens is 329 g/mol. The summed E-state index contributed by atoms with van der Waals surface area (Å²) in [6.07, 6.45) is 2.37. The number of para-hydroxylation sites is 1. The van der Waals surface area contributed by atoms with Crippen LogP contribution in [0.5, 0.6) is 5.75 Å². The summed E-state index contributed by atoms with van der Waals surface area (Å²) in [5.74, 6) is -1.08. The van der Waals surface area contributed by atoms with Gasteiger partial charge in [0.2, 0.25) is 5.91 Å². The number of aromatic hydroxyl groups is 1. The monoisotopic (exact) mass is 355 g/mol. The molecule has 138 valence electrons. The summed E-state index contributed by atoms with van der Waals surface area (Å²) in [7, 11) is -1.72. The minimum Gasteiger partial charge on any atom is -0.507 e. The standard InChI is InChI=1S/C20H26BNO4/c1-3-5-15-8-10-16(11-9-15)12-19(23)22-18(21(25)26)13-17-7-4-6-14(2)20(17)24/h4,6-11,18,24-26H,3,5,12-13H2,1-2H3,(H,22,23)/t18-/m0/s1. The molecule has 0 unspecified atom stereocenters. The average molecular weight is 355 g/mol. The Morgan fingerprint density at radius 2 is 1.77 bits per heavy atom. The first-order valence-electron chi connectivity index (χ1n) is 8.91. The Morgan fingerprint density at radius 3 is 2.38 bits per heavy atom. The first-order chi connectivity index (χ1) is 12.4. The van der Waals surface area contributed by atoms with Crippen LogP contribution in [0.15, 0.2) is 42.5 Å². The Morgan fingerprint density at radius 1 is 1.12 bits per heavy atom. The molecule has 0 heterocycles. The fourth-order valence-corrected chi connectivity index (χ4v) is 2.91. The highest BCUT2D eigenvalue weighted by atomic mass is 16.4. The van der Waals surface area contributed by atoms with Gasteiger partial charge < -0.3 is 20.5 Å². The van der Waals surface area contributed by atoms with Crippen molar-refractivity contribution in [2.75, 3.05) is 0 Å². The third kappa shape index (κ3) is 5.61. The lowest BCUT2D eigenvalue weighted by atomic mass is 9.75. The molecule has 0 aliphatic carbocycles. The fourth-order valence-electron chi connectivity index (χ4n) is 2.91. The van der Waals surface area contributed by atoms with Crippen LogP contribution in [-0.2, 0) is 24.1 Å². The van der Waals surface area contributed by atoms with Crippen LogP contribution < -0.4 is 5.32 Å². The van der Waals surface area contributed by atoms with Crippen LogP contribution >= 0.6 is 0 Å². The fraction of sp³-hybridized carbons (Fsp3) is 0.350. The van der Waals surface area contributed by atoms with Crippen molar-refractivity contribution in [2.24, 2.45) is 0 Å². The van der Waals surface area contributed by atoms with Gasteiger partial charge in [0, 0.05) is 0 Å². The average Bonchev–Trinajstić information content (AvgIpc) is 2.60. The van der Waals surface area contributed by atoms with Crippen molar-refractivity contribution in [3.63, 3.8) is 0 Å². The van der Waals surface area contributed by atoms with Crippen LogP contribution in [0.3, 0.4) is 0 Å². The number of aryl methyl sites for hydroxylation is 2. The van der Waals surface area contributed by atoms with E-state index in [0.29, 0.717) is 11.1 Å². The molecule has 5 nitrogen and oxygen atoms in total. The smallest absolute Gasteiger partial charge is 0.475 e. The summed E-state index contributed by atoms with van der Waals surface area (Å²) in [6.45, 7) is 3.89. The molecule has 26 heavy (non-hydrogen) atoms. The largest absolute Gasteiger partial charge is 0.507 e. The Kier molecular flexibility index (Phi) is 7.24.